The fourth-order valence-electron chi connectivity index (χ4n) is 2.91. The maximum atomic E-state index is 11.1. The number of aromatic nitrogens is 4. The van der Waals surface area contributed by atoms with Crippen molar-refractivity contribution in [3.63, 3.8) is 0 Å². The number of rotatable bonds is 8. The van der Waals surface area contributed by atoms with Crippen LogP contribution in [0.2, 0.25) is 0 Å². The van der Waals surface area contributed by atoms with Gasteiger partial charge in [0.2, 0.25) is 11.8 Å². The van der Waals surface area contributed by atoms with Crippen molar-refractivity contribution in [1.29, 1.82) is 0 Å². The van der Waals surface area contributed by atoms with E-state index in [-0.39, 0.29) is 11.5 Å². The summed E-state index contributed by atoms with van der Waals surface area (Å²) in [6, 6.07) is 10.1. The number of anilines is 2. The first-order valence-corrected chi connectivity index (χ1v) is 8.97. The molecule has 146 valence electrons. The molecule has 3 rings (SSSR count). The Labute approximate surface area is 163 Å². The van der Waals surface area contributed by atoms with Gasteiger partial charge in [0.15, 0.2) is 0 Å². The summed E-state index contributed by atoms with van der Waals surface area (Å²) in [6.45, 7) is 3.50. The summed E-state index contributed by atoms with van der Waals surface area (Å²) in [7, 11) is 3.43. The monoisotopic (exact) mass is 381 g/mol. The molecule has 0 aliphatic heterocycles. The van der Waals surface area contributed by atoms with Gasteiger partial charge in [0.05, 0.1) is 16.9 Å². The van der Waals surface area contributed by atoms with E-state index in [2.05, 4.69) is 43.9 Å². The molecule has 3 aromatic rings. The quantitative estimate of drug-likeness (QED) is 0.363. The maximum Gasteiger partial charge on any atom is 0.329 e. The Morgan fingerprint density at radius 2 is 1.96 bits per heavy atom. The van der Waals surface area contributed by atoms with Crippen molar-refractivity contribution in [3.8, 4) is 11.3 Å². The fourth-order valence-corrected chi connectivity index (χ4v) is 2.91. The van der Waals surface area contributed by atoms with Crippen LogP contribution < -0.4 is 10.2 Å². The van der Waals surface area contributed by atoms with Gasteiger partial charge in [-0.3, -0.25) is 10.1 Å². The van der Waals surface area contributed by atoms with Gasteiger partial charge >= 0.3 is 5.69 Å². The molecule has 0 unspecified atom stereocenters. The molecule has 0 spiro atoms. The molecule has 0 saturated carbocycles. The van der Waals surface area contributed by atoms with Crippen LogP contribution in [-0.4, -0.2) is 45.1 Å². The molecule has 2 heterocycles. The minimum Gasteiger partial charge on any atom is -0.357 e. The normalized spacial score (nSPS) is 10.7. The van der Waals surface area contributed by atoms with Crippen LogP contribution in [0.5, 0.6) is 0 Å². The van der Waals surface area contributed by atoms with Gasteiger partial charge in [-0.15, -0.1) is 0 Å². The maximum absolute atomic E-state index is 11.1. The molecule has 0 amide bonds. The SMILES string of the molecule is Cc1c(-c2ccccc2)ncn1CCCNc1ncc([N+](=O)[O-])c(N(C)C)n1. The van der Waals surface area contributed by atoms with Gasteiger partial charge < -0.3 is 14.8 Å². The van der Waals surface area contributed by atoms with Crippen molar-refractivity contribution in [1.82, 2.24) is 19.5 Å². The van der Waals surface area contributed by atoms with Crippen molar-refractivity contribution in [2.24, 2.45) is 0 Å². The Balaban J connectivity index is 1.59. The summed E-state index contributed by atoms with van der Waals surface area (Å²) < 4.78 is 2.12. The minimum absolute atomic E-state index is 0.113. The lowest BCUT2D eigenvalue weighted by molar-refractivity contribution is -0.384. The number of nitrogens with one attached hydrogen (secondary N) is 1. The second-order valence-corrected chi connectivity index (χ2v) is 6.57. The van der Waals surface area contributed by atoms with Crippen LogP contribution >= 0.6 is 0 Å². The highest BCUT2D eigenvalue weighted by atomic mass is 16.6. The first-order chi connectivity index (χ1) is 13.5. The lowest BCUT2D eigenvalue weighted by Crippen LogP contribution is -2.16. The molecular weight excluding hydrogens is 358 g/mol. The summed E-state index contributed by atoms with van der Waals surface area (Å²) >= 11 is 0. The third kappa shape index (κ3) is 4.25. The van der Waals surface area contributed by atoms with Crippen molar-refractivity contribution < 1.29 is 4.92 Å². The Hall–Kier alpha value is -3.49. The van der Waals surface area contributed by atoms with E-state index in [1.165, 1.54) is 6.20 Å². The van der Waals surface area contributed by atoms with E-state index in [1.54, 1.807) is 19.0 Å². The van der Waals surface area contributed by atoms with E-state index in [0.29, 0.717) is 12.5 Å². The molecular formula is C19H23N7O2. The number of imidazole rings is 1. The molecule has 0 bridgehead atoms. The number of nitrogens with zero attached hydrogens (tertiary/aromatic N) is 6. The molecule has 9 nitrogen and oxygen atoms in total. The average molecular weight is 381 g/mol. The summed E-state index contributed by atoms with van der Waals surface area (Å²) in [5, 5.41) is 14.2. The van der Waals surface area contributed by atoms with Gasteiger partial charge in [0.1, 0.15) is 6.20 Å². The second kappa shape index (κ2) is 8.47. The zero-order chi connectivity index (χ0) is 20.1. The van der Waals surface area contributed by atoms with Gasteiger partial charge in [0.25, 0.3) is 0 Å². The highest BCUT2D eigenvalue weighted by molar-refractivity contribution is 5.61. The van der Waals surface area contributed by atoms with Gasteiger partial charge in [-0.1, -0.05) is 30.3 Å². The topological polar surface area (TPSA) is 102 Å². The van der Waals surface area contributed by atoms with Gasteiger partial charge in [0, 0.05) is 38.4 Å². The van der Waals surface area contributed by atoms with Crippen LogP contribution in [0.1, 0.15) is 12.1 Å². The molecule has 2 aromatic heterocycles. The number of hydrogen-bond donors (Lipinski definition) is 1. The molecule has 1 N–H and O–H groups in total. The fraction of sp³-hybridized carbons (Fsp3) is 0.316. The molecule has 9 heteroatoms. The number of hydrogen-bond acceptors (Lipinski definition) is 7. The molecule has 0 aliphatic rings. The first kappa shape index (κ1) is 19.3. The predicted octanol–water partition coefficient (Wildman–Crippen LogP) is 3.12. The highest BCUT2D eigenvalue weighted by Crippen LogP contribution is 2.24. The standard InChI is InChI=1S/C19H23N7O2/c1-14-17(15-8-5-4-6-9-15)22-13-25(14)11-7-10-20-19-21-12-16(26(27)28)18(23-19)24(2)3/h4-6,8-9,12-13H,7,10-11H2,1-3H3,(H,20,21,23). The molecule has 28 heavy (non-hydrogen) atoms. The van der Waals surface area contributed by atoms with Crippen LogP contribution in [0.15, 0.2) is 42.9 Å². The van der Waals surface area contributed by atoms with Crippen molar-refractivity contribution in [2.45, 2.75) is 19.9 Å². The second-order valence-electron chi connectivity index (χ2n) is 6.57. The van der Waals surface area contributed by atoms with Crippen LogP contribution in [0.25, 0.3) is 11.3 Å². The van der Waals surface area contributed by atoms with Gasteiger partial charge in [-0.25, -0.2) is 9.97 Å². The predicted molar refractivity (Wildman–Crippen MR) is 109 cm³/mol. The minimum atomic E-state index is -0.481. The largest absolute Gasteiger partial charge is 0.357 e. The zero-order valence-corrected chi connectivity index (χ0v) is 16.2. The number of nitro groups is 1. The van der Waals surface area contributed by atoms with E-state index in [1.807, 2.05) is 24.5 Å². The van der Waals surface area contributed by atoms with E-state index in [9.17, 15) is 10.1 Å². The van der Waals surface area contributed by atoms with Crippen molar-refractivity contribution in [3.05, 3.63) is 58.7 Å². The van der Waals surface area contributed by atoms with E-state index < -0.39 is 4.92 Å². The summed E-state index contributed by atoms with van der Waals surface area (Å²) in [5.41, 5.74) is 3.10. The lowest BCUT2D eigenvalue weighted by atomic mass is 10.1. The van der Waals surface area contributed by atoms with E-state index in [4.69, 9.17) is 0 Å². The Morgan fingerprint density at radius 1 is 1.21 bits per heavy atom. The Morgan fingerprint density at radius 3 is 2.64 bits per heavy atom. The van der Waals surface area contributed by atoms with Crippen LogP contribution in [0.4, 0.5) is 17.5 Å². The zero-order valence-electron chi connectivity index (χ0n) is 16.2. The molecule has 0 fully saturated rings. The smallest absolute Gasteiger partial charge is 0.329 e. The van der Waals surface area contributed by atoms with Crippen molar-refractivity contribution >= 4 is 17.5 Å². The number of benzene rings is 1. The molecule has 0 radical (unpaired) electrons. The third-order valence-corrected chi connectivity index (χ3v) is 4.38. The molecule has 0 aliphatic carbocycles. The van der Waals surface area contributed by atoms with Gasteiger partial charge in [-0.05, 0) is 13.3 Å². The van der Waals surface area contributed by atoms with Gasteiger partial charge in [-0.2, -0.15) is 4.98 Å². The summed E-state index contributed by atoms with van der Waals surface area (Å²) in [5.74, 6) is 0.655. The van der Waals surface area contributed by atoms with Crippen LogP contribution in [0, 0.1) is 17.0 Å². The summed E-state index contributed by atoms with van der Waals surface area (Å²) in [4.78, 5) is 25.0. The molecule has 0 atom stereocenters. The van der Waals surface area contributed by atoms with E-state index in [0.717, 1.165) is 29.9 Å². The highest BCUT2D eigenvalue weighted by Gasteiger charge is 2.18. The third-order valence-electron chi connectivity index (χ3n) is 4.38. The Kier molecular flexibility index (Phi) is 5.83. The van der Waals surface area contributed by atoms with Crippen LogP contribution in [-0.2, 0) is 6.54 Å². The lowest BCUT2D eigenvalue weighted by Gasteiger charge is -2.13. The number of aryl methyl sites for hydroxylation is 1. The van der Waals surface area contributed by atoms with E-state index >= 15 is 0 Å². The first-order valence-electron chi connectivity index (χ1n) is 8.97. The molecule has 0 saturated heterocycles. The van der Waals surface area contributed by atoms with Crippen LogP contribution in [0.3, 0.4) is 0 Å². The van der Waals surface area contributed by atoms with Crippen molar-refractivity contribution in [2.75, 3.05) is 30.9 Å². The Bertz CT molecular complexity index is 954. The summed E-state index contributed by atoms with van der Waals surface area (Å²) in [6.07, 6.45) is 3.92. The molecule has 1 aromatic carbocycles. The average Bonchev–Trinajstić information content (AvgIpc) is 3.06.